The van der Waals surface area contributed by atoms with Crippen LogP contribution in [0.4, 0.5) is 5.13 Å². The number of fused-ring (bicyclic) bond motifs is 1. The van der Waals surface area contributed by atoms with E-state index in [4.69, 9.17) is 14.2 Å². The van der Waals surface area contributed by atoms with Gasteiger partial charge in [-0.3, -0.25) is 5.43 Å². The number of hydrogen-bond acceptors (Lipinski definition) is 7. The Balaban J connectivity index is 1.39. The summed E-state index contributed by atoms with van der Waals surface area (Å²) in [6.45, 7) is 4.96. The number of aromatic nitrogens is 1. The third kappa shape index (κ3) is 5.56. The second-order valence-corrected chi connectivity index (χ2v) is 8.31. The fourth-order valence-corrected chi connectivity index (χ4v) is 4.11. The maximum Gasteiger partial charge on any atom is 0.204 e. The smallest absolute Gasteiger partial charge is 0.204 e. The summed E-state index contributed by atoms with van der Waals surface area (Å²) in [6.07, 6.45) is 1.70. The summed E-state index contributed by atoms with van der Waals surface area (Å²) in [6, 6.07) is 19.8. The van der Waals surface area contributed by atoms with Gasteiger partial charge in [0.2, 0.25) is 5.13 Å². The van der Waals surface area contributed by atoms with Crippen molar-refractivity contribution < 1.29 is 14.2 Å². The first kappa shape index (κ1) is 21.6. The lowest BCUT2D eigenvalue weighted by atomic mass is 10.1. The Hall–Kier alpha value is -3.58. The molecule has 0 amide bonds. The number of rotatable bonds is 9. The molecule has 4 rings (SSSR count). The Morgan fingerprint density at radius 1 is 0.938 bits per heavy atom. The summed E-state index contributed by atoms with van der Waals surface area (Å²) < 4.78 is 18.3. The van der Waals surface area contributed by atoms with Gasteiger partial charge < -0.3 is 14.2 Å². The van der Waals surface area contributed by atoms with Crippen LogP contribution in [-0.4, -0.2) is 31.5 Å². The van der Waals surface area contributed by atoms with Crippen molar-refractivity contribution in [2.45, 2.75) is 13.8 Å². The summed E-state index contributed by atoms with van der Waals surface area (Å²) in [4.78, 5) is 4.52. The highest BCUT2D eigenvalue weighted by molar-refractivity contribution is 7.22. The van der Waals surface area contributed by atoms with Gasteiger partial charge >= 0.3 is 0 Å². The molecule has 4 aromatic rings. The zero-order chi connectivity index (χ0) is 22.3. The molecule has 0 unspecified atom stereocenters. The predicted molar refractivity (Wildman–Crippen MR) is 131 cm³/mol. The van der Waals surface area contributed by atoms with Gasteiger partial charge in [-0.25, -0.2) is 4.98 Å². The summed E-state index contributed by atoms with van der Waals surface area (Å²) in [5.41, 5.74) is 7.10. The van der Waals surface area contributed by atoms with E-state index in [1.807, 2.05) is 54.6 Å². The van der Waals surface area contributed by atoms with Crippen molar-refractivity contribution in [3.05, 3.63) is 77.4 Å². The second-order valence-electron chi connectivity index (χ2n) is 7.28. The van der Waals surface area contributed by atoms with E-state index in [0.717, 1.165) is 32.4 Å². The van der Waals surface area contributed by atoms with Crippen molar-refractivity contribution in [2.75, 3.05) is 25.7 Å². The minimum atomic E-state index is 0.408. The average Bonchev–Trinajstić information content (AvgIpc) is 3.19. The topological polar surface area (TPSA) is 65.0 Å². The minimum Gasteiger partial charge on any atom is -0.497 e. The number of ether oxygens (including phenoxy) is 3. The molecule has 0 fully saturated rings. The molecule has 3 aromatic carbocycles. The Bertz CT molecular complexity index is 1180. The standard InChI is InChI=1S/C25H25N3O3S/c1-17-12-18(2)14-21(13-17)30-10-11-31-23-9-8-20(29-3)15-19(23)16-26-28-25-27-22-6-4-5-7-24(22)32-25/h4-9,12-16H,10-11H2,1-3H3,(H,27,28)/b26-16+. The van der Waals surface area contributed by atoms with E-state index in [-0.39, 0.29) is 0 Å². The van der Waals surface area contributed by atoms with Crippen LogP contribution >= 0.6 is 11.3 Å². The van der Waals surface area contributed by atoms with E-state index >= 15 is 0 Å². The summed E-state index contributed by atoms with van der Waals surface area (Å²) in [5, 5.41) is 5.08. The van der Waals surface area contributed by atoms with Crippen LogP contribution in [-0.2, 0) is 0 Å². The van der Waals surface area contributed by atoms with Gasteiger partial charge in [-0.1, -0.05) is 29.5 Å². The number of hydrogen-bond donors (Lipinski definition) is 1. The summed E-state index contributed by atoms with van der Waals surface area (Å²) >= 11 is 1.55. The highest BCUT2D eigenvalue weighted by Crippen LogP contribution is 2.26. The summed E-state index contributed by atoms with van der Waals surface area (Å²) in [5.74, 6) is 2.28. The van der Waals surface area contributed by atoms with Gasteiger partial charge in [-0.05, 0) is 67.4 Å². The summed E-state index contributed by atoms with van der Waals surface area (Å²) in [7, 11) is 1.63. The van der Waals surface area contributed by atoms with Crippen LogP contribution < -0.4 is 19.6 Å². The molecule has 1 aromatic heterocycles. The van der Waals surface area contributed by atoms with Crippen LogP contribution in [0.15, 0.2) is 65.8 Å². The lowest BCUT2D eigenvalue weighted by Gasteiger charge is -2.12. The lowest BCUT2D eigenvalue weighted by Crippen LogP contribution is -2.10. The highest BCUT2D eigenvalue weighted by atomic mass is 32.1. The molecular weight excluding hydrogens is 422 g/mol. The average molecular weight is 448 g/mol. The molecule has 0 bridgehead atoms. The molecule has 0 spiro atoms. The van der Waals surface area contributed by atoms with Gasteiger partial charge in [-0.2, -0.15) is 5.10 Å². The van der Waals surface area contributed by atoms with Crippen molar-refractivity contribution in [1.82, 2.24) is 4.98 Å². The molecule has 0 atom stereocenters. The SMILES string of the molecule is COc1ccc(OCCOc2cc(C)cc(C)c2)c(/C=N/Nc2nc3ccccc3s2)c1. The van der Waals surface area contributed by atoms with E-state index in [9.17, 15) is 0 Å². The highest BCUT2D eigenvalue weighted by Gasteiger charge is 2.06. The van der Waals surface area contributed by atoms with Gasteiger partial charge in [-0.15, -0.1) is 0 Å². The lowest BCUT2D eigenvalue weighted by molar-refractivity contribution is 0.216. The first-order valence-corrected chi connectivity index (χ1v) is 11.1. The molecule has 0 aliphatic carbocycles. The minimum absolute atomic E-state index is 0.408. The third-order valence-electron chi connectivity index (χ3n) is 4.68. The van der Waals surface area contributed by atoms with Crippen LogP contribution in [0.2, 0.25) is 0 Å². The van der Waals surface area contributed by atoms with E-state index < -0.39 is 0 Å². The first-order chi connectivity index (χ1) is 15.6. The molecule has 164 valence electrons. The van der Waals surface area contributed by atoms with E-state index in [1.165, 1.54) is 11.1 Å². The monoisotopic (exact) mass is 447 g/mol. The molecule has 0 saturated heterocycles. The van der Waals surface area contributed by atoms with Gasteiger partial charge in [0.1, 0.15) is 30.5 Å². The number of hydrazone groups is 1. The number of thiazole rings is 1. The van der Waals surface area contributed by atoms with Crippen molar-refractivity contribution in [2.24, 2.45) is 5.10 Å². The molecule has 7 heteroatoms. The fraction of sp³-hybridized carbons (Fsp3) is 0.200. The van der Waals surface area contributed by atoms with Crippen LogP contribution in [0, 0.1) is 13.8 Å². The van der Waals surface area contributed by atoms with Crippen molar-refractivity contribution >= 4 is 32.9 Å². The van der Waals surface area contributed by atoms with Gasteiger partial charge in [0.05, 0.1) is 23.5 Å². The molecule has 0 aliphatic heterocycles. The molecule has 0 saturated carbocycles. The first-order valence-electron chi connectivity index (χ1n) is 10.3. The predicted octanol–water partition coefficient (Wildman–Crippen LogP) is 5.83. The van der Waals surface area contributed by atoms with Crippen LogP contribution in [0.3, 0.4) is 0 Å². The molecule has 1 heterocycles. The third-order valence-corrected chi connectivity index (χ3v) is 5.62. The second kappa shape index (κ2) is 10.2. The quantitative estimate of drug-likeness (QED) is 0.199. The zero-order valence-electron chi connectivity index (χ0n) is 18.3. The maximum absolute atomic E-state index is 5.96. The molecule has 32 heavy (non-hydrogen) atoms. The Morgan fingerprint density at radius 2 is 1.72 bits per heavy atom. The van der Waals surface area contributed by atoms with Crippen LogP contribution in [0.5, 0.6) is 17.2 Å². The molecule has 1 N–H and O–H groups in total. The van der Waals surface area contributed by atoms with Gasteiger partial charge in [0, 0.05) is 5.56 Å². The van der Waals surface area contributed by atoms with Gasteiger partial charge in [0.25, 0.3) is 0 Å². The van der Waals surface area contributed by atoms with Crippen molar-refractivity contribution in [3.63, 3.8) is 0 Å². The normalized spacial score (nSPS) is 11.1. The molecule has 0 radical (unpaired) electrons. The van der Waals surface area contributed by atoms with Crippen LogP contribution in [0.25, 0.3) is 10.2 Å². The maximum atomic E-state index is 5.96. The van der Waals surface area contributed by atoms with E-state index in [1.54, 1.807) is 24.7 Å². The van der Waals surface area contributed by atoms with Gasteiger partial charge in [0.15, 0.2) is 0 Å². The number of benzene rings is 3. The molecule has 0 aliphatic rings. The number of para-hydroxylation sites is 1. The van der Waals surface area contributed by atoms with Crippen molar-refractivity contribution in [1.29, 1.82) is 0 Å². The number of nitrogens with one attached hydrogen (secondary N) is 1. The zero-order valence-corrected chi connectivity index (χ0v) is 19.1. The van der Waals surface area contributed by atoms with E-state index in [2.05, 4.69) is 35.4 Å². The Kier molecular flexibility index (Phi) is 6.87. The van der Waals surface area contributed by atoms with Crippen LogP contribution in [0.1, 0.15) is 16.7 Å². The number of methoxy groups -OCH3 is 1. The van der Waals surface area contributed by atoms with Crippen molar-refractivity contribution in [3.8, 4) is 17.2 Å². The Labute approximate surface area is 191 Å². The molecule has 6 nitrogen and oxygen atoms in total. The molecular formula is C25H25N3O3S. The number of nitrogens with zero attached hydrogens (tertiary/aromatic N) is 2. The largest absolute Gasteiger partial charge is 0.497 e. The number of anilines is 1. The Morgan fingerprint density at radius 3 is 2.50 bits per heavy atom. The van der Waals surface area contributed by atoms with E-state index in [0.29, 0.717) is 19.0 Å². The fourth-order valence-electron chi connectivity index (χ4n) is 3.29. The number of aryl methyl sites for hydroxylation is 2.